The molecule has 0 amide bonds. The van der Waals surface area contributed by atoms with Gasteiger partial charge in [0.1, 0.15) is 0 Å². The number of nitriles is 1. The van der Waals surface area contributed by atoms with Crippen LogP contribution in [0.5, 0.6) is 0 Å². The third-order valence-electron chi connectivity index (χ3n) is 8.98. The van der Waals surface area contributed by atoms with Crippen molar-refractivity contribution in [3.05, 3.63) is 157 Å². The van der Waals surface area contributed by atoms with Crippen LogP contribution < -0.4 is 0 Å². The molecule has 0 radical (unpaired) electrons. The van der Waals surface area contributed by atoms with Gasteiger partial charge in [0.25, 0.3) is 0 Å². The molecule has 0 aliphatic rings. The van der Waals surface area contributed by atoms with Gasteiger partial charge in [0.15, 0.2) is 5.82 Å². The SMILES string of the molecule is N#Cc1ccc(-c2cc3c4cccnc4c(-c4cccc(-c5nc(-c6ccccc6)c6ccccc6n5)c4)cc3c3cccnc23)cc1. The first-order valence-electron chi connectivity index (χ1n) is 15.8. The largest absolute Gasteiger partial charge is 0.256 e. The van der Waals surface area contributed by atoms with Gasteiger partial charge < -0.3 is 0 Å². The summed E-state index contributed by atoms with van der Waals surface area (Å²) in [7, 11) is 0. The van der Waals surface area contributed by atoms with Crippen molar-refractivity contribution in [1.82, 2.24) is 19.9 Å². The maximum absolute atomic E-state index is 9.36. The highest BCUT2D eigenvalue weighted by Gasteiger charge is 2.17. The van der Waals surface area contributed by atoms with Gasteiger partial charge in [-0.15, -0.1) is 0 Å². The third kappa shape index (κ3) is 4.55. The second kappa shape index (κ2) is 11.2. The minimum atomic E-state index is 0.628. The van der Waals surface area contributed by atoms with E-state index in [2.05, 4.69) is 72.8 Å². The fourth-order valence-corrected chi connectivity index (χ4v) is 6.71. The van der Waals surface area contributed by atoms with Crippen LogP contribution in [0.2, 0.25) is 0 Å². The van der Waals surface area contributed by atoms with E-state index < -0.39 is 0 Å². The predicted molar refractivity (Wildman–Crippen MR) is 194 cm³/mol. The highest BCUT2D eigenvalue weighted by Crippen LogP contribution is 2.41. The summed E-state index contributed by atoms with van der Waals surface area (Å²) in [5.74, 6) is 0.675. The Hall–Kier alpha value is -6.77. The summed E-state index contributed by atoms with van der Waals surface area (Å²) in [6.45, 7) is 0. The van der Waals surface area contributed by atoms with E-state index in [-0.39, 0.29) is 0 Å². The number of para-hydroxylation sites is 1. The van der Waals surface area contributed by atoms with E-state index in [1.165, 1.54) is 0 Å². The fraction of sp³-hybridized carbons (Fsp3) is 0. The molecule has 0 unspecified atom stereocenters. The van der Waals surface area contributed by atoms with E-state index in [9.17, 15) is 5.26 Å². The van der Waals surface area contributed by atoms with Gasteiger partial charge in [0, 0.05) is 50.8 Å². The molecule has 9 aromatic rings. The number of rotatable bonds is 4. The first-order valence-corrected chi connectivity index (χ1v) is 15.8. The van der Waals surface area contributed by atoms with Gasteiger partial charge in [-0.2, -0.15) is 5.26 Å². The van der Waals surface area contributed by atoms with Crippen LogP contribution in [-0.2, 0) is 0 Å². The Morgan fingerprint density at radius 2 is 1.04 bits per heavy atom. The summed E-state index contributed by atoms with van der Waals surface area (Å²) in [5.41, 5.74) is 10.4. The lowest BCUT2D eigenvalue weighted by molar-refractivity contribution is 1.23. The van der Waals surface area contributed by atoms with Crippen molar-refractivity contribution < 1.29 is 0 Å². The molecule has 0 aliphatic heterocycles. The Bertz CT molecular complexity index is 2730. The normalized spacial score (nSPS) is 11.3. The van der Waals surface area contributed by atoms with Crippen molar-refractivity contribution in [1.29, 1.82) is 5.26 Å². The van der Waals surface area contributed by atoms with Gasteiger partial charge >= 0.3 is 0 Å². The molecule has 0 saturated carbocycles. The molecule has 3 aromatic heterocycles. The van der Waals surface area contributed by atoms with Gasteiger partial charge in [-0.05, 0) is 70.4 Å². The Labute approximate surface area is 276 Å². The monoisotopic (exact) mass is 611 g/mol. The Kier molecular flexibility index (Phi) is 6.45. The highest BCUT2D eigenvalue weighted by molar-refractivity contribution is 6.22. The number of benzene rings is 6. The highest BCUT2D eigenvalue weighted by atomic mass is 14.9. The van der Waals surface area contributed by atoms with Gasteiger partial charge in [-0.3, -0.25) is 9.97 Å². The number of fused-ring (bicyclic) bond motifs is 6. The Morgan fingerprint density at radius 1 is 0.438 bits per heavy atom. The topological polar surface area (TPSA) is 75.3 Å². The van der Waals surface area contributed by atoms with Gasteiger partial charge in [0.2, 0.25) is 0 Å². The molecule has 9 rings (SSSR count). The molecular formula is C43H25N5. The molecule has 0 N–H and O–H groups in total. The fourth-order valence-electron chi connectivity index (χ4n) is 6.71. The van der Waals surface area contributed by atoms with Crippen molar-refractivity contribution in [3.63, 3.8) is 0 Å². The molecule has 6 aromatic carbocycles. The van der Waals surface area contributed by atoms with Crippen LogP contribution >= 0.6 is 0 Å². The van der Waals surface area contributed by atoms with Crippen molar-refractivity contribution >= 4 is 43.5 Å². The predicted octanol–water partition coefficient (Wildman–Crippen LogP) is 10.4. The molecule has 0 aliphatic carbocycles. The summed E-state index contributed by atoms with van der Waals surface area (Å²) in [6, 6.07) is 49.5. The minimum Gasteiger partial charge on any atom is -0.256 e. The zero-order valence-electron chi connectivity index (χ0n) is 25.7. The molecule has 222 valence electrons. The van der Waals surface area contributed by atoms with Crippen LogP contribution in [0.25, 0.3) is 88.4 Å². The molecule has 3 heterocycles. The Balaban J connectivity index is 1.27. The summed E-state index contributed by atoms with van der Waals surface area (Å²) in [4.78, 5) is 19.9. The molecular weight excluding hydrogens is 587 g/mol. The molecule has 0 saturated heterocycles. The summed E-state index contributed by atoms with van der Waals surface area (Å²) >= 11 is 0. The van der Waals surface area contributed by atoms with Crippen LogP contribution in [0, 0.1) is 11.3 Å². The lowest BCUT2D eigenvalue weighted by Crippen LogP contribution is -1.96. The van der Waals surface area contributed by atoms with E-state index in [1.54, 1.807) is 0 Å². The maximum atomic E-state index is 9.36. The summed E-state index contributed by atoms with van der Waals surface area (Å²) in [6.07, 6.45) is 3.69. The zero-order valence-corrected chi connectivity index (χ0v) is 25.7. The summed E-state index contributed by atoms with van der Waals surface area (Å²) < 4.78 is 0. The number of nitrogens with zero attached hydrogens (tertiary/aromatic N) is 5. The van der Waals surface area contributed by atoms with Crippen LogP contribution in [-0.4, -0.2) is 19.9 Å². The van der Waals surface area contributed by atoms with E-state index in [0.29, 0.717) is 11.4 Å². The standard InChI is InChI=1S/C43H25N5/c44-26-27-17-19-28(20-18-27)35-24-37-33-15-8-22-46-42(33)36(25-38(37)32-14-7-21-45-41(32)35)30-11-6-12-31(23-30)43-47-39-16-5-4-13-34(39)40(48-43)29-9-2-1-3-10-29/h1-25H. The van der Waals surface area contributed by atoms with Gasteiger partial charge in [-0.25, -0.2) is 9.97 Å². The molecule has 5 nitrogen and oxygen atoms in total. The second-order valence-corrected chi connectivity index (χ2v) is 11.8. The lowest BCUT2D eigenvalue weighted by Gasteiger charge is -2.15. The zero-order chi connectivity index (χ0) is 32.0. The smallest absolute Gasteiger partial charge is 0.160 e. The lowest BCUT2D eigenvalue weighted by atomic mass is 9.90. The van der Waals surface area contributed by atoms with Crippen LogP contribution in [0.3, 0.4) is 0 Å². The molecule has 5 heteroatoms. The van der Waals surface area contributed by atoms with E-state index in [1.807, 2.05) is 85.2 Å². The number of aromatic nitrogens is 4. The summed E-state index contributed by atoms with van der Waals surface area (Å²) in [5, 5.41) is 14.7. The first kappa shape index (κ1) is 27.5. The second-order valence-electron chi connectivity index (χ2n) is 11.8. The minimum absolute atomic E-state index is 0.628. The molecule has 0 spiro atoms. The molecule has 0 atom stereocenters. The van der Waals surface area contributed by atoms with E-state index in [0.717, 1.165) is 82.6 Å². The van der Waals surface area contributed by atoms with E-state index >= 15 is 0 Å². The van der Waals surface area contributed by atoms with Crippen LogP contribution in [0.1, 0.15) is 5.56 Å². The average molecular weight is 612 g/mol. The number of hydrogen-bond donors (Lipinski definition) is 0. The number of hydrogen-bond acceptors (Lipinski definition) is 5. The number of pyridine rings is 2. The van der Waals surface area contributed by atoms with Crippen molar-refractivity contribution in [2.75, 3.05) is 0 Å². The van der Waals surface area contributed by atoms with Gasteiger partial charge in [0.05, 0.1) is 33.9 Å². The maximum Gasteiger partial charge on any atom is 0.160 e. The van der Waals surface area contributed by atoms with Crippen LogP contribution in [0.15, 0.2) is 152 Å². The molecule has 0 bridgehead atoms. The van der Waals surface area contributed by atoms with Gasteiger partial charge in [-0.1, -0.05) is 91.0 Å². The quantitative estimate of drug-likeness (QED) is 0.185. The third-order valence-corrected chi connectivity index (χ3v) is 8.98. The van der Waals surface area contributed by atoms with Crippen LogP contribution in [0.4, 0.5) is 0 Å². The van der Waals surface area contributed by atoms with Crippen molar-refractivity contribution in [3.8, 4) is 51.0 Å². The van der Waals surface area contributed by atoms with Crippen molar-refractivity contribution in [2.45, 2.75) is 0 Å². The van der Waals surface area contributed by atoms with Crippen molar-refractivity contribution in [2.24, 2.45) is 0 Å². The Morgan fingerprint density at radius 3 is 1.75 bits per heavy atom. The average Bonchev–Trinajstić information content (AvgIpc) is 3.17. The first-order chi connectivity index (χ1) is 23.7. The molecule has 48 heavy (non-hydrogen) atoms. The van der Waals surface area contributed by atoms with E-state index in [4.69, 9.17) is 19.9 Å². The molecule has 0 fully saturated rings.